The van der Waals surface area contributed by atoms with Gasteiger partial charge < -0.3 is 30.7 Å². The summed E-state index contributed by atoms with van der Waals surface area (Å²) in [5.74, 6) is -3.85. The quantitative estimate of drug-likeness (QED) is 0.0916. The van der Waals surface area contributed by atoms with Gasteiger partial charge in [0.1, 0.15) is 23.2 Å². The Balaban J connectivity index is 1.99. The maximum Gasteiger partial charge on any atom is 0.410 e. The number of benzene rings is 2. The van der Waals surface area contributed by atoms with E-state index in [1.165, 1.54) is 25.0 Å². The molecule has 0 aromatic heterocycles. The van der Waals surface area contributed by atoms with Crippen LogP contribution in [0.25, 0.3) is 0 Å². The van der Waals surface area contributed by atoms with E-state index in [2.05, 4.69) is 10.7 Å². The molecule has 2 aromatic carbocycles. The molecule has 0 aliphatic heterocycles. The number of para-hydroxylation sites is 1. The van der Waals surface area contributed by atoms with Gasteiger partial charge in [-0.1, -0.05) is 18.2 Å². The largest absolute Gasteiger partial charge is 0.506 e. The summed E-state index contributed by atoms with van der Waals surface area (Å²) in [6.45, 7) is 1.63. The van der Waals surface area contributed by atoms with Gasteiger partial charge in [-0.25, -0.2) is 9.59 Å². The van der Waals surface area contributed by atoms with Gasteiger partial charge in [-0.2, -0.15) is 0 Å². The fourth-order valence-corrected chi connectivity index (χ4v) is 3.49. The molecular weight excluding hydrogens is 514 g/mol. The van der Waals surface area contributed by atoms with Gasteiger partial charge in [0, 0.05) is 19.9 Å². The van der Waals surface area contributed by atoms with Crippen LogP contribution in [0.4, 0.5) is 16.2 Å². The fraction of sp³-hybridized carbons (Fsp3) is 0.320. The van der Waals surface area contributed by atoms with Gasteiger partial charge in [0.05, 0.1) is 19.4 Å². The van der Waals surface area contributed by atoms with Gasteiger partial charge in [-0.3, -0.25) is 30.1 Å². The second-order valence-corrected chi connectivity index (χ2v) is 8.25. The summed E-state index contributed by atoms with van der Waals surface area (Å²) >= 11 is 0. The monoisotopic (exact) mass is 545 g/mol. The zero-order valence-corrected chi connectivity index (χ0v) is 21.4. The molecule has 14 nitrogen and oxygen atoms in total. The molecule has 2 aromatic rings. The number of phenolic OH excluding ortho intramolecular Hbond substituents is 1. The minimum absolute atomic E-state index is 0.0755. The number of hydrogen-bond donors (Lipinski definition) is 6. The molecule has 39 heavy (non-hydrogen) atoms. The highest BCUT2D eigenvalue weighted by Gasteiger charge is 2.29. The number of methoxy groups -OCH3 is 1. The van der Waals surface area contributed by atoms with Crippen LogP contribution in [0, 0.1) is 0 Å². The van der Waals surface area contributed by atoms with Crippen molar-refractivity contribution in [3.05, 3.63) is 48.0 Å². The number of carboxylic acids is 1. The summed E-state index contributed by atoms with van der Waals surface area (Å²) in [5, 5.41) is 21.1. The van der Waals surface area contributed by atoms with Crippen LogP contribution in [0.5, 0.6) is 11.5 Å². The third-order valence-corrected chi connectivity index (χ3v) is 5.37. The summed E-state index contributed by atoms with van der Waals surface area (Å²) in [6, 6.07) is 9.89. The van der Waals surface area contributed by atoms with Crippen molar-refractivity contribution in [2.45, 2.75) is 32.2 Å². The number of aliphatic carboxylic acids is 1. The van der Waals surface area contributed by atoms with Crippen molar-refractivity contribution < 1.29 is 43.7 Å². The number of phenols is 1. The number of ether oxygens (including phenoxy) is 2. The second-order valence-electron chi connectivity index (χ2n) is 8.25. The molecule has 0 fully saturated rings. The summed E-state index contributed by atoms with van der Waals surface area (Å²) in [7, 11) is 1.19. The van der Waals surface area contributed by atoms with Gasteiger partial charge >= 0.3 is 18.0 Å². The van der Waals surface area contributed by atoms with Crippen molar-refractivity contribution in [3.8, 4) is 11.5 Å². The highest BCUT2D eigenvalue weighted by Crippen LogP contribution is 2.33. The molecule has 4 amide bonds. The number of hydrogen-bond acceptors (Lipinski definition) is 9. The lowest BCUT2D eigenvalue weighted by molar-refractivity contribution is -0.149. The van der Waals surface area contributed by atoms with Crippen LogP contribution >= 0.6 is 0 Å². The van der Waals surface area contributed by atoms with Crippen molar-refractivity contribution in [2.24, 2.45) is 5.73 Å². The fourth-order valence-electron chi connectivity index (χ4n) is 3.49. The second kappa shape index (κ2) is 14.7. The summed E-state index contributed by atoms with van der Waals surface area (Å²) in [5.41, 5.74) is 11.2. The molecule has 0 saturated carbocycles. The standard InChI is InChI=1S/C25H31N5O9/c1-15(31)27-21-19(32)6-5-7-20(21)39-13-4-3-12-30(25(37)38-2)18(22(26)33)14-16-8-10-17(11-9-16)28-29-23(34)24(35)36/h5-11,18,28,32H,3-4,12-14H2,1-2H3,(H2,26,33)(H,27,31)(H,29,34)(H,35,36)/t18-/m0/s1. The lowest BCUT2D eigenvalue weighted by Gasteiger charge is -2.28. The zero-order valence-electron chi connectivity index (χ0n) is 21.4. The Kier molecular flexibility index (Phi) is 11.4. The first-order chi connectivity index (χ1) is 18.5. The molecule has 0 aliphatic carbocycles. The molecule has 14 heteroatoms. The molecule has 0 saturated heterocycles. The number of aromatic hydroxyl groups is 1. The van der Waals surface area contributed by atoms with E-state index in [1.807, 2.05) is 5.43 Å². The van der Waals surface area contributed by atoms with E-state index in [4.69, 9.17) is 20.3 Å². The van der Waals surface area contributed by atoms with Crippen molar-refractivity contribution in [1.29, 1.82) is 0 Å². The van der Waals surface area contributed by atoms with Gasteiger partial charge in [0.15, 0.2) is 0 Å². The highest BCUT2D eigenvalue weighted by atomic mass is 16.5. The zero-order chi connectivity index (χ0) is 28.9. The molecule has 0 radical (unpaired) electrons. The Morgan fingerprint density at radius 1 is 1.05 bits per heavy atom. The van der Waals surface area contributed by atoms with Crippen molar-refractivity contribution in [2.75, 3.05) is 31.0 Å². The van der Waals surface area contributed by atoms with Crippen LogP contribution in [0.2, 0.25) is 0 Å². The Hall–Kier alpha value is -5.01. The molecule has 0 unspecified atom stereocenters. The van der Waals surface area contributed by atoms with Crippen LogP contribution in [-0.4, -0.2) is 71.2 Å². The summed E-state index contributed by atoms with van der Waals surface area (Å²) in [4.78, 5) is 59.1. The number of unbranched alkanes of at least 4 members (excludes halogenated alkanes) is 1. The van der Waals surface area contributed by atoms with Crippen LogP contribution in [0.15, 0.2) is 42.5 Å². The van der Waals surface area contributed by atoms with E-state index in [1.54, 1.807) is 36.4 Å². The maximum absolute atomic E-state index is 12.5. The highest BCUT2D eigenvalue weighted by molar-refractivity contribution is 6.31. The first-order valence-electron chi connectivity index (χ1n) is 11.8. The number of anilines is 2. The normalized spacial score (nSPS) is 11.0. The van der Waals surface area contributed by atoms with Crippen molar-refractivity contribution >= 4 is 41.2 Å². The average Bonchev–Trinajstić information content (AvgIpc) is 2.89. The molecule has 0 bridgehead atoms. The van der Waals surface area contributed by atoms with Crippen LogP contribution < -0.4 is 26.6 Å². The molecule has 0 spiro atoms. The van der Waals surface area contributed by atoms with Crippen LogP contribution in [0.3, 0.4) is 0 Å². The average molecular weight is 546 g/mol. The van der Waals surface area contributed by atoms with Gasteiger partial charge in [-0.15, -0.1) is 0 Å². The third-order valence-electron chi connectivity index (χ3n) is 5.37. The number of amides is 4. The Morgan fingerprint density at radius 3 is 2.33 bits per heavy atom. The molecular formula is C25H31N5O9. The predicted molar refractivity (Wildman–Crippen MR) is 139 cm³/mol. The van der Waals surface area contributed by atoms with Crippen LogP contribution in [-0.2, 0) is 30.3 Å². The maximum atomic E-state index is 12.5. The van der Waals surface area contributed by atoms with E-state index in [-0.39, 0.29) is 42.7 Å². The van der Waals surface area contributed by atoms with E-state index in [0.717, 1.165) is 0 Å². The van der Waals surface area contributed by atoms with Crippen LogP contribution in [0.1, 0.15) is 25.3 Å². The molecule has 210 valence electrons. The number of primary amides is 1. The number of rotatable bonds is 13. The molecule has 0 aliphatic rings. The Labute approximate surface area is 224 Å². The number of carboxylic acid groups (broad SMARTS) is 1. The van der Waals surface area contributed by atoms with E-state index in [0.29, 0.717) is 24.1 Å². The topological polar surface area (TPSA) is 210 Å². The molecule has 1 atom stereocenters. The van der Waals surface area contributed by atoms with E-state index < -0.39 is 29.9 Å². The Bertz CT molecular complexity index is 1190. The molecule has 7 N–H and O–H groups in total. The predicted octanol–water partition coefficient (Wildman–Crippen LogP) is 1.20. The van der Waals surface area contributed by atoms with Crippen molar-refractivity contribution in [3.63, 3.8) is 0 Å². The minimum atomic E-state index is -1.65. The van der Waals surface area contributed by atoms with Gasteiger partial charge in [0.25, 0.3) is 0 Å². The number of carbonyl (C=O) groups excluding carboxylic acids is 4. The molecule has 2 rings (SSSR count). The Morgan fingerprint density at radius 2 is 1.74 bits per heavy atom. The summed E-state index contributed by atoms with van der Waals surface area (Å²) < 4.78 is 10.5. The van der Waals surface area contributed by atoms with E-state index in [9.17, 15) is 29.1 Å². The summed E-state index contributed by atoms with van der Waals surface area (Å²) in [6.07, 6.45) is 0.206. The van der Waals surface area contributed by atoms with E-state index >= 15 is 0 Å². The lowest BCUT2D eigenvalue weighted by atomic mass is 10.0. The number of carbonyl (C=O) groups is 5. The van der Waals surface area contributed by atoms with Crippen molar-refractivity contribution in [1.82, 2.24) is 10.3 Å². The SMILES string of the molecule is COC(=O)N(CCCCOc1cccc(O)c1NC(C)=O)[C@@H](Cc1ccc(NNC(=O)C(=O)O)cc1)C(N)=O. The lowest BCUT2D eigenvalue weighted by Crippen LogP contribution is -2.49. The van der Waals surface area contributed by atoms with Gasteiger partial charge in [0.2, 0.25) is 11.8 Å². The number of nitrogens with zero attached hydrogens (tertiary/aromatic N) is 1. The first kappa shape index (κ1) is 30.2. The third kappa shape index (κ3) is 9.42. The molecule has 0 heterocycles. The smallest absolute Gasteiger partial charge is 0.410 e. The minimum Gasteiger partial charge on any atom is -0.506 e. The number of nitrogens with two attached hydrogens (primary N) is 1. The number of hydrazine groups is 1. The first-order valence-corrected chi connectivity index (χ1v) is 11.8. The number of nitrogens with one attached hydrogen (secondary N) is 3. The van der Waals surface area contributed by atoms with Gasteiger partial charge in [-0.05, 0) is 42.7 Å².